The van der Waals surface area contributed by atoms with E-state index in [1.807, 2.05) is 12.1 Å². The van der Waals surface area contributed by atoms with Crippen LogP contribution in [0.4, 0.5) is 0 Å². The molecule has 2 fully saturated rings. The van der Waals surface area contributed by atoms with E-state index in [4.69, 9.17) is 4.98 Å². The molecule has 0 radical (unpaired) electrons. The van der Waals surface area contributed by atoms with Crippen molar-refractivity contribution in [2.45, 2.75) is 50.4 Å². The number of hydrogen-bond donors (Lipinski definition) is 1. The van der Waals surface area contributed by atoms with Crippen molar-refractivity contribution in [2.24, 2.45) is 0 Å². The average molecular weight is 270 g/mol. The van der Waals surface area contributed by atoms with Crippen molar-refractivity contribution in [2.75, 3.05) is 7.05 Å². The zero-order chi connectivity index (χ0) is 13.5. The van der Waals surface area contributed by atoms with Gasteiger partial charge >= 0.3 is 0 Å². The first-order valence-electron chi connectivity index (χ1n) is 7.67. The fourth-order valence-corrected chi connectivity index (χ4v) is 3.84. The standard InChI is InChI=1S/C16H22N4/c1-19(15-8-12-5-6-13(9-15)17-12)10-14-11-20-7-3-2-4-16(20)18-14/h2-4,7,11-13,15,17H,5-6,8-10H2,1H3. The molecule has 0 saturated carbocycles. The highest BCUT2D eigenvalue weighted by Gasteiger charge is 2.35. The van der Waals surface area contributed by atoms with Crippen LogP contribution in [0.25, 0.3) is 5.65 Å². The van der Waals surface area contributed by atoms with Crippen molar-refractivity contribution in [3.05, 3.63) is 36.3 Å². The average Bonchev–Trinajstić information content (AvgIpc) is 3.01. The lowest BCUT2D eigenvalue weighted by Gasteiger charge is -2.35. The van der Waals surface area contributed by atoms with Crippen LogP contribution in [0.5, 0.6) is 0 Å². The Hall–Kier alpha value is -1.39. The van der Waals surface area contributed by atoms with Gasteiger partial charge in [0.25, 0.3) is 0 Å². The van der Waals surface area contributed by atoms with Crippen LogP contribution < -0.4 is 5.32 Å². The largest absolute Gasteiger partial charge is 0.311 e. The maximum absolute atomic E-state index is 4.71. The Kier molecular flexibility index (Phi) is 3.00. The first kappa shape index (κ1) is 12.4. The van der Waals surface area contributed by atoms with Crippen molar-refractivity contribution < 1.29 is 0 Å². The van der Waals surface area contributed by atoms with Gasteiger partial charge in [0.05, 0.1) is 5.69 Å². The van der Waals surface area contributed by atoms with E-state index in [0.29, 0.717) is 6.04 Å². The van der Waals surface area contributed by atoms with Gasteiger partial charge in [0.15, 0.2) is 0 Å². The Bertz CT molecular complexity index is 560. The normalized spacial score (nSPS) is 29.4. The summed E-state index contributed by atoms with van der Waals surface area (Å²) < 4.78 is 2.11. The topological polar surface area (TPSA) is 32.6 Å². The highest BCUT2D eigenvalue weighted by atomic mass is 15.2. The Morgan fingerprint density at radius 3 is 2.85 bits per heavy atom. The third-order valence-electron chi connectivity index (χ3n) is 4.90. The minimum atomic E-state index is 0.707. The van der Waals surface area contributed by atoms with E-state index in [0.717, 1.165) is 24.3 Å². The zero-order valence-corrected chi connectivity index (χ0v) is 12.0. The van der Waals surface area contributed by atoms with Crippen molar-refractivity contribution in [3.8, 4) is 0 Å². The van der Waals surface area contributed by atoms with Crippen LogP contribution in [0, 0.1) is 0 Å². The lowest BCUT2D eigenvalue weighted by atomic mass is 9.98. The van der Waals surface area contributed by atoms with Gasteiger partial charge in [0.2, 0.25) is 0 Å². The molecule has 2 aromatic rings. The van der Waals surface area contributed by atoms with Gasteiger partial charge in [-0.15, -0.1) is 0 Å². The minimum absolute atomic E-state index is 0.707. The summed E-state index contributed by atoms with van der Waals surface area (Å²) in [6, 6.07) is 8.37. The predicted molar refractivity (Wildman–Crippen MR) is 79.6 cm³/mol. The number of nitrogens with zero attached hydrogens (tertiary/aromatic N) is 3. The molecule has 2 aliphatic heterocycles. The quantitative estimate of drug-likeness (QED) is 0.926. The molecule has 2 bridgehead atoms. The molecule has 2 saturated heterocycles. The van der Waals surface area contributed by atoms with Gasteiger partial charge < -0.3 is 9.72 Å². The van der Waals surface area contributed by atoms with E-state index in [9.17, 15) is 0 Å². The number of pyridine rings is 1. The zero-order valence-electron chi connectivity index (χ0n) is 12.0. The highest BCUT2D eigenvalue weighted by Crippen LogP contribution is 2.29. The predicted octanol–water partition coefficient (Wildman–Crippen LogP) is 2.05. The molecule has 4 nitrogen and oxygen atoms in total. The summed E-state index contributed by atoms with van der Waals surface area (Å²) >= 11 is 0. The number of aromatic nitrogens is 2. The summed E-state index contributed by atoms with van der Waals surface area (Å²) in [6.07, 6.45) is 9.53. The molecule has 0 aliphatic carbocycles. The molecular weight excluding hydrogens is 248 g/mol. The maximum atomic E-state index is 4.71. The maximum Gasteiger partial charge on any atom is 0.137 e. The molecule has 2 aliphatic rings. The van der Waals surface area contributed by atoms with Crippen LogP contribution >= 0.6 is 0 Å². The lowest BCUT2D eigenvalue weighted by molar-refractivity contribution is 0.164. The van der Waals surface area contributed by atoms with E-state index in [-0.39, 0.29) is 0 Å². The Balaban J connectivity index is 1.47. The third kappa shape index (κ3) is 2.23. The van der Waals surface area contributed by atoms with Crippen LogP contribution in [0.2, 0.25) is 0 Å². The van der Waals surface area contributed by atoms with Crippen molar-refractivity contribution in [1.82, 2.24) is 19.6 Å². The fourth-order valence-electron chi connectivity index (χ4n) is 3.84. The van der Waals surface area contributed by atoms with E-state index in [1.165, 1.54) is 31.4 Å². The first-order chi connectivity index (χ1) is 9.78. The van der Waals surface area contributed by atoms with Gasteiger partial charge in [-0.2, -0.15) is 0 Å². The molecule has 4 heterocycles. The van der Waals surface area contributed by atoms with E-state index < -0.39 is 0 Å². The molecular formula is C16H22N4. The fraction of sp³-hybridized carbons (Fsp3) is 0.562. The van der Waals surface area contributed by atoms with Gasteiger partial charge in [-0.1, -0.05) is 6.07 Å². The Morgan fingerprint density at radius 1 is 1.30 bits per heavy atom. The summed E-state index contributed by atoms with van der Waals surface area (Å²) in [4.78, 5) is 7.20. The van der Waals surface area contributed by atoms with Crippen LogP contribution in [0.3, 0.4) is 0 Å². The van der Waals surface area contributed by atoms with Gasteiger partial charge in [0, 0.05) is 37.1 Å². The number of piperidine rings is 1. The summed E-state index contributed by atoms with van der Waals surface area (Å²) in [6.45, 7) is 0.950. The van der Waals surface area contributed by atoms with Gasteiger partial charge in [0.1, 0.15) is 5.65 Å². The molecule has 1 N–H and O–H groups in total. The van der Waals surface area contributed by atoms with E-state index in [2.05, 4.69) is 40.1 Å². The van der Waals surface area contributed by atoms with Crippen molar-refractivity contribution in [1.29, 1.82) is 0 Å². The van der Waals surface area contributed by atoms with Crippen molar-refractivity contribution >= 4 is 5.65 Å². The molecule has 0 aromatic carbocycles. The smallest absolute Gasteiger partial charge is 0.137 e. The second-order valence-electron chi connectivity index (χ2n) is 6.38. The molecule has 2 unspecified atom stereocenters. The van der Waals surface area contributed by atoms with Crippen LogP contribution in [-0.4, -0.2) is 39.5 Å². The second kappa shape index (κ2) is 4.86. The molecule has 0 spiro atoms. The van der Waals surface area contributed by atoms with Gasteiger partial charge in [-0.3, -0.25) is 4.90 Å². The Labute approximate surface area is 119 Å². The number of rotatable bonds is 3. The first-order valence-corrected chi connectivity index (χ1v) is 7.67. The van der Waals surface area contributed by atoms with Gasteiger partial charge in [-0.05, 0) is 44.9 Å². The van der Waals surface area contributed by atoms with Crippen LogP contribution in [0.15, 0.2) is 30.6 Å². The van der Waals surface area contributed by atoms with Crippen LogP contribution in [-0.2, 0) is 6.54 Å². The molecule has 2 atom stereocenters. The number of fused-ring (bicyclic) bond motifs is 3. The third-order valence-corrected chi connectivity index (χ3v) is 4.90. The monoisotopic (exact) mass is 270 g/mol. The molecule has 4 heteroatoms. The second-order valence-corrected chi connectivity index (χ2v) is 6.38. The number of nitrogens with one attached hydrogen (secondary N) is 1. The van der Waals surface area contributed by atoms with E-state index in [1.54, 1.807) is 0 Å². The van der Waals surface area contributed by atoms with Crippen molar-refractivity contribution in [3.63, 3.8) is 0 Å². The molecule has 2 aromatic heterocycles. The highest BCUT2D eigenvalue weighted by molar-refractivity contribution is 5.39. The summed E-state index contributed by atoms with van der Waals surface area (Å²) in [5, 5.41) is 3.71. The Morgan fingerprint density at radius 2 is 2.10 bits per heavy atom. The number of imidazole rings is 1. The SMILES string of the molecule is CN(Cc1cn2ccccc2n1)C1CC2CCC(C1)N2. The summed E-state index contributed by atoms with van der Waals surface area (Å²) in [7, 11) is 2.25. The van der Waals surface area contributed by atoms with E-state index >= 15 is 0 Å². The molecule has 4 rings (SSSR count). The van der Waals surface area contributed by atoms with Gasteiger partial charge in [-0.25, -0.2) is 4.98 Å². The minimum Gasteiger partial charge on any atom is -0.311 e. The number of hydrogen-bond acceptors (Lipinski definition) is 3. The molecule has 106 valence electrons. The lowest BCUT2D eigenvalue weighted by Crippen LogP contribution is -2.46. The van der Waals surface area contributed by atoms with Crippen LogP contribution in [0.1, 0.15) is 31.4 Å². The summed E-state index contributed by atoms with van der Waals surface area (Å²) in [5.74, 6) is 0. The molecule has 20 heavy (non-hydrogen) atoms. The summed E-state index contributed by atoms with van der Waals surface area (Å²) in [5.41, 5.74) is 2.21. The molecule has 0 amide bonds.